The summed E-state index contributed by atoms with van der Waals surface area (Å²) < 4.78 is 4.22. The number of imidazole rings is 1. The van der Waals surface area contributed by atoms with Gasteiger partial charge in [-0.3, -0.25) is 13.9 Å². The molecular weight excluding hydrogens is 490 g/mol. The van der Waals surface area contributed by atoms with Crippen LogP contribution >= 0.6 is 11.6 Å². The normalized spacial score (nSPS) is 11.4. The first-order valence-corrected chi connectivity index (χ1v) is 12.0. The first-order valence-electron chi connectivity index (χ1n) is 11.6. The van der Waals surface area contributed by atoms with Crippen LogP contribution in [0.5, 0.6) is 0 Å². The molecule has 9 nitrogen and oxygen atoms in total. The molecule has 0 bridgehead atoms. The molecule has 37 heavy (non-hydrogen) atoms. The quantitative estimate of drug-likeness (QED) is 0.356. The van der Waals surface area contributed by atoms with Gasteiger partial charge in [0.15, 0.2) is 11.2 Å². The molecule has 0 amide bonds. The van der Waals surface area contributed by atoms with Crippen LogP contribution in [0, 0.1) is 0 Å². The molecule has 6 rings (SSSR count). The number of anilines is 2. The first kappa shape index (κ1) is 22.8. The summed E-state index contributed by atoms with van der Waals surface area (Å²) in [5.74, 6) is 0.968. The molecule has 184 valence electrons. The minimum atomic E-state index is -0.462. The molecule has 0 saturated heterocycles. The van der Waals surface area contributed by atoms with Crippen molar-refractivity contribution in [3.8, 4) is 11.3 Å². The van der Waals surface area contributed by atoms with Gasteiger partial charge in [0.25, 0.3) is 5.56 Å². The van der Waals surface area contributed by atoms with Gasteiger partial charge in [0.05, 0.1) is 12.2 Å². The Kier molecular flexibility index (Phi) is 5.42. The number of aryl methyl sites for hydroxylation is 2. The molecule has 0 fully saturated rings. The topological polar surface area (TPSA) is 103 Å². The summed E-state index contributed by atoms with van der Waals surface area (Å²) >= 11 is 6.30. The van der Waals surface area contributed by atoms with Crippen LogP contribution in [0.2, 0.25) is 5.02 Å². The molecule has 6 aromatic rings. The van der Waals surface area contributed by atoms with E-state index in [9.17, 15) is 9.59 Å². The number of fused-ring (bicyclic) bond motifs is 2. The van der Waals surface area contributed by atoms with Crippen molar-refractivity contribution in [3.05, 3.63) is 104 Å². The zero-order valence-corrected chi connectivity index (χ0v) is 20.8. The van der Waals surface area contributed by atoms with Crippen LogP contribution in [-0.2, 0) is 20.6 Å². The van der Waals surface area contributed by atoms with Crippen LogP contribution < -0.4 is 16.6 Å². The van der Waals surface area contributed by atoms with Crippen molar-refractivity contribution in [2.75, 3.05) is 5.32 Å². The molecule has 0 spiro atoms. The van der Waals surface area contributed by atoms with Gasteiger partial charge in [-0.2, -0.15) is 4.98 Å². The lowest BCUT2D eigenvalue weighted by molar-refractivity contribution is 0.648. The van der Waals surface area contributed by atoms with E-state index >= 15 is 0 Å². The number of halogens is 1. The highest BCUT2D eigenvalue weighted by molar-refractivity contribution is 6.35. The van der Waals surface area contributed by atoms with Crippen LogP contribution in [-0.4, -0.2) is 28.7 Å². The Bertz CT molecular complexity index is 1920. The average Bonchev–Trinajstić information content (AvgIpc) is 3.48. The highest BCUT2D eigenvalue weighted by Gasteiger charge is 2.19. The van der Waals surface area contributed by atoms with Gasteiger partial charge in [0.1, 0.15) is 5.82 Å². The van der Waals surface area contributed by atoms with Crippen molar-refractivity contribution >= 4 is 45.4 Å². The van der Waals surface area contributed by atoms with Crippen molar-refractivity contribution in [2.45, 2.75) is 6.54 Å². The minimum Gasteiger partial charge on any atom is -0.357 e. The lowest BCUT2D eigenvalue weighted by Gasteiger charge is -2.08. The molecule has 2 N–H and O–H groups in total. The van der Waals surface area contributed by atoms with Crippen LogP contribution in [0.25, 0.3) is 33.3 Å². The van der Waals surface area contributed by atoms with E-state index in [4.69, 9.17) is 11.6 Å². The predicted octanol–water partition coefficient (Wildman–Crippen LogP) is 4.42. The van der Waals surface area contributed by atoms with Gasteiger partial charge in [-0.25, -0.2) is 9.78 Å². The lowest BCUT2D eigenvalue weighted by Crippen LogP contribution is -2.39. The third kappa shape index (κ3) is 3.89. The molecule has 0 aliphatic carbocycles. The SMILES string of the molecule is Cn1c(Nc2cccc(-c3ccccc3)n2)nc2c1c(=O)n(Cc1cc3c(Cl)cccc3[nH]1)c(=O)n2C. The smallest absolute Gasteiger partial charge is 0.332 e. The second kappa shape index (κ2) is 8.79. The highest BCUT2D eigenvalue weighted by Crippen LogP contribution is 2.25. The number of rotatable bonds is 5. The number of aromatic amines is 1. The van der Waals surface area contributed by atoms with Gasteiger partial charge in [0, 0.05) is 41.3 Å². The summed E-state index contributed by atoms with van der Waals surface area (Å²) in [7, 11) is 3.34. The van der Waals surface area contributed by atoms with E-state index in [0.717, 1.165) is 22.2 Å². The number of nitrogens with zero attached hydrogens (tertiary/aromatic N) is 5. The van der Waals surface area contributed by atoms with Crippen LogP contribution in [0.3, 0.4) is 0 Å². The van der Waals surface area contributed by atoms with Crippen LogP contribution in [0.15, 0.2) is 82.4 Å². The van der Waals surface area contributed by atoms with Gasteiger partial charge in [-0.05, 0) is 30.3 Å². The zero-order valence-electron chi connectivity index (χ0n) is 20.1. The molecule has 0 atom stereocenters. The van der Waals surface area contributed by atoms with Crippen molar-refractivity contribution in [2.24, 2.45) is 14.1 Å². The van der Waals surface area contributed by atoms with E-state index in [1.807, 2.05) is 66.7 Å². The Labute approximate surface area is 215 Å². The molecule has 0 radical (unpaired) electrons. The Morgan fingerprint density at radius 3 is 2.49 bits per heavy atom. The van der Waals surface area contributed by atoms with E-state index in [1.165, 1.54) is 9.13 Å². The molecule has 4 aromatic heterocycles. The molecule has 4 heterocycles. The summed E-state index contributed by atoms with van der Waals surface area (Å²) in [6, 6.07) is 22.9. The van der Waals surface area contributed by atoms with E-state index in [0.29, 0.717) is 28.0 Å². The highest BCUT2D eigenvalue weighted by atomic mass is 35.5. The van der Waals surface area contributed by atoms with Gasteiger partial charge < -0.3 is 14.9 Å². The molecule has 0 aliphatic rings. The number of hydrogen-bond donors (Lipinski definition) is 2. The maximum Gasteiger partial charge on any atom is 0.332 e. The standard InChI is InChI=1S/C27H22ClN7O2/c1-33-23-24(32-26(33)31-22-13-7-11-20(30-22)16-8-4-3-5-9-16)34(2)27(37)35(25(23)36)15-17-14-18-19(28)10-6-12-21(18)29-17/h3-14,29H,15H2,1-2H3,(H,30,31,32). The van der Waals surface area contributed by atoms with Crippen LogP contribution in [0.1, 0.15) is 5.69 Å². The molecular formula is C27H22ClN7O2. The fourth-order valence-corrected chi connectivity index (χ4v) is 4.74. The maximum atomic E-state index is 13.5. The summed E-state index contributed by atoms with van der Waals surface area (Å²) in [5, 5.41) is 4.63. The van der Waals surface area contributed by atoms with Gasteiger partial charge >= 0.3 is 5.69 Å². The zero-order chi connectivity index (χ0) is 25.7. The molecule has 0 aliphatic heterocycles. The third-order valence-corrected chi connectivity index (χ3v) is 6.74. The molecule has 10 heteroatoms. The van der Waals surface area contributed by atoms with E-state index in [2.05, 4.69) is 20.3 Å². The largest absolute Gasteiger partial charge is 0.357 e. The number of H-pyrrole nitrogens is 1. The van der Waals surface area contributed by atoms with E-state index in [1.54, 1.807) is 24.7 Å². The predicted molar refractivity (Wildman–Crippen MR) is 146 cm³/mol. The Morgan fingerprint density at radius 2 is 1.70 bits per heavy atom. The Morgan fingerprint density at radius 1 is 0.919 bits per heavy atom. The maximum absolute atomic E-state index is 13.5. The van der Waals surface area contributed by atoms with E-state index < -0.39 is 11.2 Å². The second-order valence-electron chi connectivity index (χ2n) is 8.79. The number of pyridine rings is 1. The molecule has 2 aromatic carbocycles. The van der Waals surface area contributed by atoms with Crippen molar-refractivity contribution in [1.82, 2.24) is 28.7 Å². The molecule has 0 saturated carbocycles. The number of hydrogen-bond acceptors (Lipinski definition) is 5. The van der Waals surface area contributed by atoms with Gasteiger partial charge in [-0.1, -0.05) is 54.1 Å². The third-order valence-electron chi connectivity index (χ3n) is 6.41. The van der Waals surface area contributed by atoms with Crippen molar-refractivity contribution < 1.29 is 0 Å². The number of nitrogens with one attached hydrogen (secondary N) is 2. The number of benzene rings is 2. The minimum absolute atomic E-state index is 0.0705. The first-order chi connectivity index (χ1) is 17.9. The van der Waals surface area contributed by atoms with Gasteiger partial charge in [0.2, 0.25) is 5.95 Å². The average molecular weight is 512 g/mol. The van der Waals surface area contributed by atoms with E-state index in [-0.39, 0.29) is 12.2 Å². The summed E-state index contributed by atoms with van der Waals surface area (Å²) in [6.07, 6.45) is 0. The Balaban J connectivity index is 1.40. The number of aromatic nitrogens is 6. The molecule has 0 unspecified atom stereocenters. The fraction of sp³-hybridized carbons (Fsp3) is 0.111. The summed E-state index contributed by atoms with van der Waals surface area (Å²) in [6.45, 7) is 0.0705. The summed E-state index contributed by atoms with van der Waals surface area (Å²) in [5.41, 5.74) is 3.02. The lowest BCUT2D eigenvalue weighted by atomic mass is 10.1. The van der Waals surface area contributed by atoms with Crippen LogP contribution in [0.4, 0.5) is 11.8 Å². The second-order valence-corrected chi connectivity index (χ2v) is 9.20. The van der Waals surface area contributed by atoms with Crippen molar-refractivity contribution in [1.29, 1.82) is 0 Å². The summed E-state index contributed by atoms with van der Waals surface area (Å²) in [4.78, 5) is 39.2. The fourth-order valence-electron chi connectivity index (χ4n) is 4.51. The van der Waals surface area contributed by atoms with Gasteiger partial charge in [-0.15, -0.1) is 0 Å². The van der Waals surface area contributed by atoms with Crippen molar-refractivity contribution in [3.63, 3.8) is 0 Å². The monoisotopic (exact) mass is 511 g/mol. The Hall–Kier alpha value is -4.63.